The van der Waals surface area contributed by atoms with Gasteiger partial charge in [-0.15, -0.1) is 13.2 Å². The minimum Gasteiger partial charge on any atom is -0.485 e. The number of rotatable bonds is 4. The van der Waals surface area contributed by atoms with E-state index >= 15 is 0 Å². The summed E-state index contributed by atoms with van der Waals surface area (Å²) in [7, 11) is 0. The van der Waals surface area contributed by atoms with Crippen LogP contribution in [0.1, 0.15) is 5.56 Å². The predicted octanol–water partition coefficient (Wildman–Crippen LogP) is 3.89. The molecule has 2 aromatic rings. The molecule has 0 aromatic heterocycles. The molecule has 0 bridgehead atoms. The molecule has 0 saturated carbocycles. The highest BCUT2D eigenvalue weighted by molar-refractivity contribution is 5.47. The van der Waals surface area contributed by atoms with Crippen LogP contribution >= 0.6 is 0 Å². The lowest BCUT2D eigenvalue weighted by molar-refractivity contribution is -0.275. The predicted molar refractivity (Wildman–Crippen MR) is 68.3 cm³/mol. The topological polar surface area (TPSA) is 44.5 Å². The maximum absolute atomic E-state index is 13.1. The number of anilines is 1. The number of para-hydroxylation sites is 2. The van der Waals surface area contributed by atoms with Gasteiger partial charge in [0.25, 0.3) is 0 Å². The van der Waals surface area contributed by atoms with E-state index in [1.54, 1.807) is 0 Å². The Morgan fingerprint density at radius 2 is 1.67 bits per heavy atom. The first-order valence-electron chi connectivity index (χ1n) is 5.86. The van der Waals surface area contributed by atoms with Crippen LogP contribution in [-0.4, -0.2) is 6.36 Å². The van der Waals surface area contributed by atoms with Gasteiger partial charge in [0.1, 0.15) is 12.4 Å². The minimum atomic E-state index is -4.82. The first-order valence-corrected chi connectivity index (χ1v) is 5.86. The van der Waals surface area contributed by atoms with Crippen LogP contribution in [-0.2, 0) is 6.61 Å². The summed E-state index contributed by atoms with van der Waals surface area (Å²) < 4.78 is 58.9. The Kier molecular flexibility index (Phi) is 4.21. The summed E-state index contributed by atoms with van der Waals surface area (Å²) in [5, 5.41) is 0. The third-order valence-electron chi connectivity index (χ3n) is 2.56. The van der Waals surface area contributed by atoms with Gasteiger partial charge in [-0.1, -0.05) is 12.1 Å². The summed E-state index contributed by atoms with van der Waals surface area (Å²) in [5.74, 6) is -1.10. The van der Waals surface area contributed by atoms with Gasteiger partial charge in [0, 0.05) is 11.3 Å². The van der Waals surface area contributed by atoms with Crippen molar-refractivity contribution in [2.45, 2.75) is 13.0 Å². The van der Waals surface area contributed by atoms with E-state index in [4.69, 9.17) is 10.5 Å². The Morgan fingerprint density at radius 3 is 2.33 bits per heavy atom. The Balaban J connectivity index is 2.15. The maximum atomic E-state index is 13.1. The van der Waals surface area contributed by atoms with E-state index in [1.165, 1.54) is 30.3 Å². The molecule has 2 aromatic carbocycles. The Labute approximate surface area is 117 Å². The average molecular weight is 301 g/mol. The van der Waals surface area contributed by atoms with Crippen LogP contribution in [0.15, 0.2) is 42.5 Å². The third kappa shape index (κ3) is 4.27. The van der Waals surface area contributed by atoms with Gasteiger partial charge in [-0.05, 0) is 30.3 Å². The van der Waals surface area contributed by atoms with Crippen molar-refractivity contribution in [3.63, 3.8) is 0 Å². The van der Waals surface area contributed by atoms with Gasteiger partial charge in [-0.2, -0.15) is 0 Å². The van der Waals surface area contributed by atoms with E-state index in [1.807, 2.05) is 0 Å². The molecule has 3 nitrogen and oxygen atoms in total. The molecule has 0 atom stereocenters. The normalized spacial score (nSPS) is 11.2. The molecule has 0 fully saturated rings. The van der Waals surface area contributed by atoms with Crippen LogP contribution in [0.2, 0.25) is 0 Å². The molecule has 0 unspecified atom stereocenters. The molecule has 7 heteroatoms. The highest BCUT2D eigenvalue weighted by Gasteiger charge is 2.32. The molecule has 2 N–H and O–H groups in total. The first kappa shape index (κ1) is 15.0. The summed E-state index contributed by atoms with van der Waals surface area (Å²) >= 11 is 0. The molecular weight excluding hydrogens is 290 g/mol. The Hall–Kier alpha value is -2.44. The van der Waals surface area contributed by atoms with E-state index in [2.05, 4.69) is 4.74 Å². The largest absolute Gasteiger partial charge is 0.573 e. The van der Waals surface area contributed by atoms with E-state index < -0.39 is 17.9 Å². The standard InChI is InChI=1S/C14H11F4NO2/c15-10-5-6-11(19)9(7-10)8-20-12-3-1-2-4-13(12)21-14(16,17)18/h1-7H,8,19H2. The van der Waals surface area contributed by atoms with E-state index in [0.717, 1.165) is 12.1 Å². The lowest BCUT2D eigenvalue weighted by Gasteiger charge is -2.14. The van der Waals surface area contributed by atoms with Gasteiger partial charge in [-0.3, -0.25) is 0 Å². The van der Waals surface area contributed by atoms with Gasteiger partial charge in [-0.25, -0.2) is 4.39 Å². The molecule has 112 valence electrons. The molecule has 0 aliphatic heterocycles. The number of halogens is 4. The SMILES string of the molecule is Nc1ccc(F)cc1COc1ccccc1OC(F)(F)F. The van der Waals surface area contributed by atoms with Crippen molar-refractivity contribution in [3.8, 4) is 11.5 Å². The first-order chi connectivity index (χ1) is 9.85. The van der Waals surface area contributed by atoms with Crippen LogP contribution in [0.5, 0.6) is 11.5 Å². The highest BCUT2D eigenvalue weighted by atomic mass is 19.4. The smallest absolute Gasteiger partial charge is 0.485 e. The molecule has 0 aliphatic carbocycles. The van der Waals surface area contributed by atoms with Gasteiger partial charge in [0.15, 0.2) is 11.5 Å². The molecular formula is C14H11F4NO2. The quantitative estimate of drug-likeness (QED) is 0.688. The van der Waals surface area contributed by atoms with Crippen LogP contribution in [0, 0.1) is 5.82 Å². The lowest BCUT2D eigenvalue weighted by Crippen LogP contribution is -2.17. The fourth-order valence-corrected chi connectivity index (χ4v) is 1.63. The van der Waals surface area contributed by atoms with Crippen molar-refractivity contribution in [2.24, 2.45) is 0 Å². The van der Waals surface area contributed by atoms with E-state index in [9.17, 15) is 17.6 Å². The zero-order valence-electron chi connectivity index (χ0n) is 10.7. The molecule has 0 amide bonds. The fourth-order valence-electron chi connectivity index (χ4n) is 1.63. The molecule has 0 heterocycles. The molecule has 21 heavy (non-hydrogen) atoms. The monoisotopic (exact) mass is 301 g/mol. The fraction of sp³-hybridized carbons (Fsp3) is 0.143. The number of nitrogens with two attached hydrogens (primary N) is 1. The number of hydrogen-bond donors (Lipinski definition) is 1. The van der Waals surface area contributed by atoms with E-state index in [0.29, 0.717) is 5.56 Å². The van der Waals surface area contributed by atoms with Crippen molar-refractivity contribution in [1.82, 2.24) is 0 Å². The zero-order chi connectivity index (χ0) is 15.5. The molecule has 0 spiro atoms. The number of benzene rings is 2. The zero-order valence-corrected chi connectivity index (χ0v) is 10.7. The number of ether oxygens (including phenoxy) is 2. The van der Waals surface area contributed by atoms with Crippen LogP contribution < -0.4 is 15.2 Å². The number of alkyl halides is 3. The van der Waals surface area contributed by atoms with Gasteiger partial charge in [0.2, 0.25) is 0 Å². The number of hydrogen-bond acceptors (Lipinski definition) is 3. The van der Waals surface area contributed by atoms with Crippen LogP contribution in [0.4, 0.5) is 23.2 Å². The second-order valence-corrected chi connectivity index (χ2v) is 4.13. The molecule has 0 radical (unpaired) electrons. The van der Waals surface area contributed by atoms with Crippen molar-refractivity contribution in [2.75, 3.05) is 5.73 Å². The van der Waals surface area contributed by atoms with Gasteiger partial charge in [0.05, 0.1) is 0 Å². The third-order valence-corrected chi connectivity index (χ3v) is 2.56. The minimum absolute atomic E-state index is 0.113. The van der Waals surface area contributed by atoms with E-state index in [-0.39, 0.29) is 18.0 Å². The van der Waals surface area contributed by atoms with Crippen molar-refractivity contribution < 1.29 is 27.0 Å². The molecule has 0 aliphatic rings. The van der Waals surface area contributed by atoms with Crippen molar-refractivity contribution in [1.29, 1.82) is 0 Å². The summed E-state index contributed by atoms with van der Waals surface area (Å²) in [6, 6.07) is 9.00. The van der Waals surface area contributed by atoms with Crippen molar-refractivity contribution >= 4 is 5.69 Å². The van der Waals surface area contributed by atoms with Crippen LogP contribution in [0.3, 0.4) is 0 Å². The lowest BCUT2D eigenvalue weighted by atomic mass is 10.2. The second-order valence-electron chi connectivity index (χ2n) is 4.13. The Bertz CT molecular complexity index is 629. The van der Waals surface area contributed by atoms with Crippen LogP contribution in [0.25, 0.3) is 0 Å². The number of nitrogen functional groups attached to an aromatic ring is 1. The van der Waals surface area contributed by atoms with Gasteiger partial charge >= 0.3 is 6.36 Å². The summed E-state index contributed by atoms with van der Waals surface area (Å²) in [5.41, 5.74) is 6.25. The average Bonchev–Trinajstić information content (AvgIpc) is 2.39. The Morgan fingerprint density at radius 1 is 1.00 bits per heavy atom. The maximum Gasteiger partial charge on any atom is 0.573 e. The summed E-state index contributed by atoms with van der Waals surface area (Å²) in [6.07, 6.45) is -4.82. The summed E-state index contributed by atoms with van der Waals surface area (Å²) in [4.78, 5) is 0. The molecule has 0 saturated heterocycles. The summed E-state index contributed by atoms with van der Waals surface area (Å²) in [6.45, 7) is -0.179. The van der Waals surface area contributed by atoms with Gasteiger partial charge < -0.3 is 15.2 Å². The highest BCUT2D eigenvalue weighted by Crippen LogP contribution is 2.32. The van der Waals surface area contributed by atoms with Crippen molar-refractivity contribution in [3.05, 3.63) is 53.8 Å². The second kappa shape index (κ2) is 5.90. The molecule has 2 rings (SSSR count).